The lowest BCUT2D eigenvalue weighted by molar-refractivity contribution is -0.00525. The molecule has 1 aromatic carbocycles. The maximum Gasteiger partial charge on any atom is 0.285 e. The molecule has 0 radical (unpaired) electrons. The van der Waals surface area contributed by atoms with Crippen LogP contribution in [0.25, 0.3) is 0 Å². The highest BCUT2D eigenvalue weighted by Crippen LogP contribution is 2.27. The molecule has 4 heteroatoms. The smallest absolute Gasteiger partial charge is 0.285 e. The fourth-order valence-electron chi connectivity index (χ4n) is 2.06. The number of halogens is 2. The average Bonchev–Trinajstić information content (AvgIpc) is 2.83. The van der Waals surface area contributed by atoms with Crippen molar-refractivity contribution in [1.29, 1.82) is 0 Å². The zero-order valence-corrected chi connectivity index (χ0v) is 12.5. The number of thiophene rings is 1. The first-order valence-corrected chi connectivity index (χ1v) is 7.51. The molecule has 1 unspecified atom stereocenters. The Bertz CT molecular complexity index is 536. The molecular weight excluding hydrogens is 276 g/mol. The molecule has 0 aliphatic rings. The summed E-state index contributed by atoms with van der Waals surface area (Å²) in [6.45, 7) is 3.66. The Morgan fingerprint density at radius 1 is 1.15 bits per heavy atom. The minimum Gasteiger partial charge on any atom is -0.308 e. The molecule has 0 bridgehead atoms. The second-order valence-corrected chi connectivity index (χ2v) is 6.44. The predicted octanol–water partition coefficient (Wildman–Crippen LogP) is 4.37. The van der Waals surface area contributed by atoms with E-state index in [2.05, 4.69) is 24.4 Å². The molecule has 2 aromatic rings. The Kier molecular flexibility index (Phi) is 4.89. The van der Waals surface area contributed by atoms with E-state index in [0.29, 0.717) is 0 Å². The van der Waals surface area contributed by atoms with Crippen LogP contribution in [-0.4, -0.2) is 12.6 Å². The second kappa shape index (κ2) is 6.46. The van der Waals surface area contributed by atoms with Gasteiger partial charge in [-0.15, -0.1) is 11.3 Å². The molecule has 0 fully saturated rings. The van der Waals surface area contributed by atoms with Gasteiger partial charge in [0.05, 0.1) is 6.54 Å². The van der Waals surface area contributed by atoms with E-state index in [1.807, 2.05) is 6.92 Å². The molecule has 0 spiro atoms. The Morgan fingerprint density at radius 2 is 1.85 bits per heavy atom. The number of hydrogen-bond acceptors (Lipinski definition) is 2. The molecule has 0 amide bonds. The van der Waals surface area contributed by atoms with Crippen molar-refractivity contribution in [3.63, 3.8) is 0 Å². The number of alkyl halides is 2. The lowest BCUT2D eigenvalue weighted by atomic mass is 10.1. The van der Waals surface area contributed by atoms with E-state index < -0.39 is 5.92 Å². The normalized spacial score (nSPS) is 13.4. The van der Waals surface area contributed by atoms with Crippen LogP contribution in [0.5, 0.6) is 0 Å². The molecule has 1 atom stereocenters. The van der Waals surface area contributed by atoms with Gasteiger partial charge in [0, 0.05) is 21.4 Å². The van der Waals surface area contributed by atoms with Gasteiger partial charge in [-0.2, -0.15) is 8.78 Å². The van der Waals surface area contributed by atoms with E-state index in [4.69, 9.17) is 0 Å². The van der Waals surface area contributed by atoms with Crippen molar-refractivity contribution in [1.82, 2.24) is 5.32 Å². The second-order valence-electron chi connectivity index (χ2n) is 5.07. The largest absolute Gasteiger partial charge is 0.308 e. The maximum absolute atomic E-state index is 14.0. The molecular formula is C16H19F2NS. The van der Waals surface area contributed by atoms with Gasteiger partial charge in [0.15, 0.2) is 0 Å². The van der Waals surface area contributed by atoms with Gasteiger partial charge in [-0.05, 0) is 32.4 Å². The zero-order chi connectivity index (χ0) is 14.6. The molecule has 0 saturated heterocycles. The van der Waals surface area contributed by atoms with Crippen molar-refractivity contribution in [3.8, 4) is 0 Å². The number of benzene rings is 1. The van der Waals surface area contributed by atoms with Gasteiger partial charge in [0.25, 0.3) is 5.92 Å². The Balaban J connectivity index is 1.88. The molecule has 0 aliphatic heterocycles. The highest BCUT2D eigenvalue weighted by atomic mass is 32.1. The van der Waals surface area contributed by atoms with Crippen LogP contribution in [0.4, 0.5) is 8.78 Å². The van der Waals surface area contributed by atoms with Crippen LogP contribution in [0.3, 0.4) is 0 Å². The Labute approximate surface area is 122 Å². The van der Waals surface area contributed by atoms with Crippen molar-refractivity contribution in [2.24, 2.45) is 0 Å². The van der Waals surface area contributed by atoms with E-state index in [9.17, 15) is 8.78 Å². The zero-order valence-electron chi connectivity index (χ0n) is 11.7. The van der Waals surface area contributed by atoms with Crippen molar-refractivity contribution in [2.75, 3.05) is 6.54 Å². The quantitative estimate of drug-likeness (QED) is 0.834. The Morgan fingerprint density at radius 3 is 2.45 bits per heavy atom. The van der Waals surface area contributed by atoms with Gasteiger partial charge in [-0.25, -0.2) is 0 Å². The average molecular weight is 295 g/mol. The number of nitrogens with one attached hydrogen (secondary N) is 1. The van der Waals surface area contributed by atoms with E-state index in [1.165, 1.54) is 21.9 Å². The third-order valence-electron chi connectivity index (χ3n) is 3.17. The van der Waals surface area contributed by atoms with Gasteiger partial charge in [-0.1, -0.05) is 30.3 Å². The summed E-state index contributed by atoms with van der Waals surface area (Å²) in [6, 6.07) is 12.1. The molecule has 1 heterocycles. The SMILES string of the molecule is Cc1ccc(CC(C)NCC(F)(F)c2ccccc2)s1. The topological polar surface area (TPSA) is 12.0 Å². The lowest BCUT2D eigenvalue weighted by Crippen LogP contribution is -2.37. The van der Waals surface area contributed by atoms with Crippen LogP contribution in [-0.2, 0) is 12.3 Å². The summed E-state index contributed by atoms with van der Waals surface area (Å²) >= 11 is 1.72. The van der Waals surface area contributed by atoms with Crippen LogP contribution in [0.15, 0.2) is 42.5 Å². The fraction of sp³-hybridized carbons (Fsp3) is 0.375. The summed E-state index contributed by atoms with van der Waals surface area (Å²) in [5.74, 6) is -2.83. The van der Waals surface area contributed by atoms with E-state index >= 15 is 0 Å². The molecule has 1 nitrogen and oxygen atoms in total. The molecule has 2 rings (SSSR count). The number of hydrogen-bond donors (Lipinski definition) is 1. The number of rotatable bonds is 6. The molecule has 0 saturated carbocycles. The molecule has 20 heavy (non-hydrogen) atoms. The van der Waals surface area contributed by atoms with Crippen molar-refractivity contribution < 1.29 is 8.78 Å². The molecule has 1 N–H and O–H groups in total. The third kappa shape index (κ3) is 4.12. The van der Waals surface area contributed by atoms with Crippen LogP contribution in [0.2, 0.25) is 0 Å². The van der Waals surface area contributed by atoms with Crippen molar-refractivity contribution in [3.05, 3.63) is 57.8 Å². The van der Waals surface area contributed by atoms with Crippen LogP contribution >= 0.6 is 11.3 Å². The van der Waals surface area contributed by atoms with Crippen molar-refractivity contribution in [2.45, 2.75) is 32.2 Å². The van der Waals surface area contributed by atoms with Gasteiger partial charge in [0.1, 0.15) is 0 Å². The fourth-order valence-corrected chi connectivity index (χ4v) is 3.07. The summed E-state index contributed by atoms with van der Waals surface area (Å²) in [6.07, 6.45) is 0.781. The van der Waals surface area contributed by atoms with Gasteiger partial charge in [0.2, 0.25) is 0 Å². The highest BCUT2D eigenvalue weighted by molar-refractivity contribution is 7.11. The lowest BCUT2D eigenvalue weighted by Gasteiger charge is -2.20. The van der Waals surface area contributed by atoms with Crippen LogP contribution < -0.4 is 5.32 Å². The number of aryl methyl sites for hydroxylation is 1. The minimum atomic E-state index is -2.83. The summed E-state index contributed by atoms with van der Waals surface area (Å²) in [5.41, 5.74) is 0.0617. The molecule has 108 valence electrons. The van der Waals surface area contributed by atoms with Gasteiger partial charge < -0.3 is 5.32 Å². The first-order chi connectivity index (χ1) is 9.47. The summed E-state index contributed by atoms with van der Waals surface area (Å²) in [5, 5.41) is 2.94. The van der Waals surface area contributed by atoms with Crippen LogP contribution in [0, 0.1) is 6.92 Å². The predicted molar refractivity (Wildman–Crippen MR) is 80.6 cm³/mol. The van der Waals surface area contributed by atoms with Crippen molar-refractivity contribution >= 4 is 11.3 Å². The highest BCUT2D eigenvalue weighted by Gasteiger charge is 2.31. The summed E-state index contributed by atoms with van der Waals surface area (Å²) in [7, 11) is 0. The third-order valence-corrected chi connectivity index (χ3v) is 4.20. The summed E-state index contributed by atoms with van der Waals surface area (Å²) in [4.78, 5) is 2.48. The minimum absolute atomic E-state index is 0.0302. The molecule has 1 aromatic heterocycles. The van der Waals surface area contributed by atoms with Gasteiger partial charge in [-0.3, -0.25) is 0 Å². The first kappa shape index (κ1) is 15.1. The maximum atomic E-state index is 14.0. The van der Waals surface area contributed by atoms with E-state index in [-0.39, 0.29) is 18.2 Å². The molecule has 0 aliphatic carbocycles. The van der Waals surface area contributed by atoms with Gasteiger partial charge >= 0.3 is 0 Å². The Hall–Kier alpha value is -1.26. The first-order valence-electron chi connectivity index (χ1n) is 6.69. The van der Waals surface area contributed by atoms with Crippen LogP contribution in [0.1, 0.15) is 22.2 Å². The van der Waals surface area contributed by atoms with E-state index in [0.717, 1.165) is 6.42 Å². The monoisotopic (exact) mass is 295 g/mol. The standard InChI is InChI=1S/C16H19F2NS/c1-12(10-15-9-8-13(2)20-15)19-11-16(17,18)14-6-4-3-5-7-14/h3-9,12,19H,10-11H2,1-2H3. The summed E-state index contributed by atoms with van der Waals surface area (Å²) < 4.78 is 28.0. The van der Waals surface area contributed by atoms with E-state index in [1.54, 1.807) is 29.5 Å².